The van der Waals surface area contributed by atoms with Gasteiger partial charge in [-0.2, -0.15) is 0 Å². The Hall–Kier alpha value is -4.87. The topological polar surface area (TPSA) is 108 Å². The molecule has 2 aliphatic rings. The van der Waals surface area contributed by atoms with Gasteiger partial charge in [0.25, 0.3) is 5.91 Å². The molecule has 0 spiro atoms. The average molecular weight is 652 g/mol. The summed E-state index contributed by atoms with van der Waals surface area (Å²) in [5.74, 6) is -1.15. The molecule has 2 aromatic heterocycles. The maximum atomic E-state index is 15.5. The highest BCUT2D eigenvalue weighted by molar-refractivity contribution is 6.08. The van der Waals surface area contributed by atoms with Crippen LogP contribution in [0.15, 0.2) is 67.5 Å². The fourth-order valence-corrected chi connectivity index (χ4v) is 6.96. The van der Waals surface area contributed by atoms with E-state index in [1.165, 1.54) is 31.6 Å². The third kappa shape index (κ3) is 5.18. The minimum absolute atomic E-state index is 0.0183. The average Bonchev–Trinajstić information content (AvgIpc) is 3.47. The van der Waals surface area contributed by atoms with Crippen molar-refractivity contribution >= 4 is 60.7 Å². The summed E-state index contributed by atoms with van der Waals surface area (Å²) in [5.41, 5.74) is -0.396. The summed E-state index contributed by atoms with van der Waals surface area (Å²) in [5, 5.41) is 3.90. The number of rotatable bonds is 3. The van der Waals surface area contributed by atoms with E-state index >= 15 is 4.39 Å². The molecule has 4 aromatic carbocycles. The number of likely N-dealkylation sites (tertiary alicyclic amines) is 1. The first-order valence-corrected chi connectivity index (χ1v) is 16.5. The number of hydrogen-bond acceptors (Lipinski definition) is 8. The molecule has 11 heteroatoms. The van der Waals surface area contributed by atoms with Gasteiger partial charge in [0.05, 0.1) is 10.9 Å². The molecule has 0 aliphatic carbocycles. The third-order valence-corrected chi connectivity index (χ3v) is 9.93. The van der Waals surface area contributed by atoms with Crippen LogP contribution in [0.2, 0.25) is 0 Å². The molecule has 0 radical (unpaired) electrons. The Labute approximate surface area is 275 Å². The van der Waals surface area contributed by atoms with Gasteiger partial charge in [-0.05, 0) is 65.5 Å². The molecule has 6 aromatic rings. The monoisotopic (exact) mass is 651 g/mol. The number of pyridine rings is 1. The van der Waals surface area contributed by atoms with Crippen LogP contribution in [0.25, 0.3) is 49.1 Å². The Bertz CT molecular complexity index is 2410. The number of fused-ring (bicyclic) bond motifs is 4. The lowest BCUT2D eigenvalue weighted by molar-refractivity contribution is 0.0662. The van der Waals surface area contributed by atoms with E-state index in [9.17, 15) is 19.2 Å². The number of nitrogens with one attached hydrogen (secondary N) is 1. The Morgan fingerprint density at radius 3 is 2.15 bits per heavy atom. The van der Waals surface area contributed by atoms with Gasteiger partial charge in [-0.3, -0.25) is 19.2 Å². The van der Waals surface area contributed by atoms with Gasteiger partial charge >= 0.3 is 0 Å². The highest BCUT2D eigenvalue weighted by atomic mass is 19.1. The van der Waals surface area contributed by atoms with Gasteiger partial charge < -0.3 is 28.8 Å². The summed E-state index contributed by atoms with van der Waals surface area (Å²) in [6.45, 7) is 8.01. The summed E-state index contributed by atoms with van der Waals surface area (Å²) in [6.07, 6.45) is 4.24. The number of carbonyl (C=O) groups is 1. The molecule has 10 nitrogen and oxygen atoms in total. The van der Waals surface area contributed by atoms with E-state index in [-0.39, 0.29) is 54.9 Å². The van der Waals surface area contributed by atoms with Crippen molar-refractivity contribution in [3.8, 4) is 0 Å². The molecule has 1 unspecified atom stereocenters. The van der Waals surface area contributed by atoms with Crippen LogP contribution in [-0.2, 0) is 0 Å². The lowest BCUT2D eigenvalue weighted by Crippen LogP contribution is -2.48. The van der Waals surface area contributed by atoms with Crippen molar-refractivity contribution in [3.05, 3.63) is 90.7 Å². The molecule has 1 atom stereocenters. The number of benzene rings is 4. The van der Waals surface area contributed by atoms with Crippen LogP contribution >= 0.6 is 0 Å². The molecular formula is C37H38FN5O5. The number of amides is 1. The fourth-order valence-electron chi connectivity index (χ4n) is 6.96. The number of aromatic nitrogens is 1. The van der Waals surface area contributed by atoms with Gasteiger partial charge in [-0.1, -0.05) is 24.3 Å². The molecule has 2 saturated heterocycles. The maximum absolute atomic E-state index is 15.5. The predicted octanol–water partition coefficient (Wildman–Crippen LogP) is 4.72. The smallest absolute Gasteiger partial charge is 0.259 e. The Kier molecular flexibility index (Phi) is 8.13. The number of carbonyl (C=O) groups excluding carboxylic acids is 1. The van der Waals surface area contributed by atoms with Gasteiger partial charge in [-0.25, -0.2) is 4.39 Å². The minimum atomic E-state index is -0.705. The van der Waals surface area contributed by atoms with Crippen molar-refractivity contribution in [3.63, 3.8) is 0 Å². The lowest BCUT2D eigenvalue weighted by atomic mass is 10.0. The van der Waals surface area contributed by atoms with Crippen molar-refractivity contribution < 1.29 is 13.6 Å². The van der Waals surface area contributed by atoms with Crippen LogP contribution in [0.4, 0.5) is 10.1 Å². The second kappa shape index (κ2) is 12.3. The predicted molar refractivity (Wildman–Crippen MR) is 189 cm³/mol. The zero-order valence-corrected chi connectivity index (χ0v) is 27.6. The quantitative estimate of drug-likeness (QED) is 0.217. The van der Waals surface area contributed by atoms with E-state index < -0.39 is 17.2 Å². The summed E-state index contributed by atoms with van der Waals surface area (Å²) in [7, 11) is 4.16. The number of piperazine rings is 1. The van der Waals surface area contributed by atoms with Crippen LogP contribution in [0.1, 0.15) is 37.0 Å². The first kappa shape index (κ1) is 31.7. The van der Waals surface area contributed by atoms with Crippen molar-refractivity contribution in [2.75, 3.05) is 58.7 Å². The number of nitrogens with zero attached hydrogens (tertiary/aromatic N) is 4. The standard InChI is InChI=1S/C31H25FN4O5.C6H13N/c1-3-33-25-22(32)12-20-26-30(25)41-24-14-19-18(27(37)16-6-4-5-7-17(16)28(19)38)13-23(24)36(26)15-21(29(20)39)31(40)35-10-8-34(2)9-11-35;1-6-4-3-5-7(6)2/h4-7,12-15,33H,3,8-11H2,1-2H3;6H,3-5H2,1-2H3. The summed E-state index contributed by atoms with van der Waals surface area (Å²) in [4.78, 5) is 60.4. The largest absolute Gasteiger partial charge is 0.451 e. The third-order valence-electron chi connectivity index (χ3n) is 9.93. The molecule has 2 fully saturated rings. The number of halogens is 1. The van der Waals surface area contributed by atoms with Gasteiger partial charge in [0.2, 0.25) is 5.43 Å². The van der Waals surface area contributed by atoms with Crippen LogP contribution in [-0.4, -0.2) is 84.4 Å². The van der Waals surface area contributed by atoms with Crippen molar-refractivity contribution in [1.29, 1.82) is 0 Å². The van der Waals surface area contributed by atoms with Gasteiger partial charge in [0, 0.05) is 66.5 Å². The summed E-state index contributed by atoms with van der Waals surface area (Å²) < 4.78 is 23.3. The zero-order valence-electron chi connectivity index (χ0n) is 27.6. The van der Waals surface area contributed by atoms with E-state index in [2.05, 4.69) is 29.1 Å². The molecular weight excluding hydrogens is 613 g/mol. The normalized spacial score (nSPS) is 17.5. The fraction of sp³-hybridized carbons (Fsp3) is 0.351. The molecule has 248 valence electrons. The van der Waals surface area contributed by atoms with Crippen LogP contribution in [0.5, 0.6) is 0 Å². The summed E-state index contributed by atoms with van der Waals surface area (Å²) >= 11 is 0. The van der Waals surface area contributed by atoms with Gasteiger partial charge in [-0.15, -0.1) is 0 Å². The second-order valence-electron chi connectivity index (χ2n) is 13.0. The van der Waals surface area contributed by atoms with Gasteiger partial charge in [0.15, 0.2) is 27.8 Å². The van der Waals surface area contributed by atoms with E-state index in [4.69, 9.17) is 4.42 Å². The SMILES string of the molecule is CC1CCCN1C.CCNc1c(F)cc2c(=O)c(C(=O)N3CCN(C)CC3)cn3c4cc5c(=O)c6ccccc6c(=O)c5cc4oc1c23. The molecule has 0 saturated carbocycles. The van der Waals surface area contributed by atoms with Crippen molar-refractivity contribution in [2.24, 2.45) is 0 Å². The second-order valence-corrected chi connectivity index (χ2v) is 13.0. The van der Waals surface area contributed by atoms with Crippen LogP contribution in [0, 0.1) is 5.82 Å². The Morgan fingerprint density at radius 1 is 0.896 bits per heavy atom. The van der Waals surface area contributed by atoms with E-state index in [0.717, 1.165) is 12.1 Å². The molecule has 2 aliphatic heterocycles. The van der Waals surface area contributed by atoms with Crippen LogP contribution in [0.3, 0.4) is 0 Å². The lowest BCUT2D eigenvalue weighted by Gasteiger charge is -2.32. The molecule has 48 heavy (non-hydrogen) atoms. The van der Waals surface area contributed by atoms with E-state index in [1.54, 1.807) is 46.6 Å². The molecule has 1 N–H and O–H groups in total. The number of anilines is 1. The first-order chi connectivity index (χ1) is 23.1. The maximum Gasteiger partial charge on any atom is 0.259 e. The Morgan fingerprint density at radius 2 is 1.56 bits per heavy atom. The Balaban J connectivity index is 0.000000465. The number of hydrogen-bond donors (Lipinski definition) is 1. The molecule has 4 heterocycles. The molecule has 8 rings (SSSR count). The number of likely N-dealkylation sites (N-methyl/N-ethyl adjacent to an activating group) is 1. The zero-order chi connectivity index (χ0) is 33.9. The summed E-state index contributed by atoms with van der Waals surface area (Å²) in [6, 6.07) is 11.6. The van der Waals surface area contributed by atoms with Crippen molar-refractivity contribution in [1.82, 2.24) is 19.1 Å². The van der Waals surface area contributed by atoms with Gasteiger partial charge in [0.1, 0.15) is 16.8 Å². The first-order valence-electron chi connectivity index (χ1n) is 16.5. The van der Waals surface area contributed by atoms with Crippen molar-refractivity contribution in [2.45, 2.75) is 32.7 Å². The molecule has 1 amide bonds. The highest BCUT2D eigenvalue weighted by Gasteiger charge is 2.27. The minimum Gasteiger partial charge on any atom is -0.451 e. The van der Waals surface area contributed by atoms with E-state index in [1.807, 2.05) is 7.05 Å². The van der Waals surface area contributed by atoms with Crippen LogP contribution < -0.4 is 21.6 Å². The highest BCUT2D eigenvalue weighted by Crippen LogP contribution is 2.35. The van der Waals surface area contributed by atoms with E-state index in [0.29, 0.717) is 49.0 Å². The molecule has 0 bridgehead atoms.